The van der Waals surface area contributed by atoms with Crippen LogP contribution < -0.4 is 9.47 Å². The second kappa shape index (κ2) is 10.6. The molecule has 0 aliphatic carbocycles. The third-order valence-electron chi connectivity index (χ3n) is 3.12. The highest BCUT2D eigenvalue weighted by atomic mass is 19.3. The Labute approximate surface area is 140 Å². The van der Waals surface area contributed by atoms with Gasteiger partial charge in [-0.1, -0.05) is 6.07 Å². The molecule has 7 heteroatoms. The zero-order valence-corrected chi connectivity index (χ0v) is 14.1. The van der Waals surface area contributed by atoms with Crippen LogP contribution in [0.3, 0.4) is 0 Å². The van der Waals surface area contributed by atoms with Gasteiger partial charge in [0, 0.05) is 33.4 Å². The molecule has 0 N–H and O–H groups in total. The van der Waals surface area contributed by atoms with E-state index in [0.29, 0.717) is 25.3 Å². The molecule has 0 saturated heterocycles. The first-order valence-corrected chi connectivity index (χ1v) is 7.61. The summed E-state index contributed by atoms with van der Waals surface area (Å²) < 4.78 is 39.4. The lowest BCUT2D eigenvalue weighted by molar-refractivity contribution is -0.124. The molecule has 0 heterocycles. The molecule has 0 aromatic heterocycles. The molecular weight excluding hydrogens is 320 g/mol. The van der Waals surface area contributed by atoms with Gasteiger partial charge in [0.2, 0.25) is 5.91 Å². The van der Waals surface area contributed by atoms with E-state index < -0.39 is 6.61 Å². The molecule has 0 fully saturated rings. The topological polar surface area (TPSA) is 48.0 Å². The van der Waals surface area contributed by atoms with E-state index in [1.54, 1.807) is 44.2 Å². The summed E-state index contributed by atoms with van der Waals surface area (Å²) in [7, 11) is 3.31. The second-order valence-corrected chi connectivity index (χ2v) is 4.96. The number of benzene rings is 1. The van der Waals surface area contributed by atoms with Gasteiger partial charge < -0.3 is 19.1 Å². The number of carbonyl (C=O) groups is 1. The van der Waals surface area contributed by atoms with Crippen molar-refractivity contribution in [3.8, 4) is 11.5 Å². The summed E-state index contributed by atoms with van der Waals surface area (Å²) in [5.41, 5.74) is 0.652. The molecule has 134 valence electrons. The molecule has 0 radical (unpaired) electrons. The summed E-state index contributed by atoms with van der Waals surface area (Å²) in [4.78, 5) is 13.6. The van der Waals surface area contributed by atoms with Gasteiger partial charge in [0.1, 0.15) is 0 Å². The van der Waals surface area contributed by atoms with Crippen LogP contribution in [0.5, 0.6) is 11.5 Å². The Bertz CT molecular complexity index is 549. The predicted octanol–water partition coefficient (Wildman–Crippen LogP) is 3.19. The molecule has 0 saturated carbocycles. The van der Waals surface area contributed by atoms with E-state index in [1.165, 1.54) is 12.1 Å². The molecule has 1 amide bonds. The van der Waals surface area contributed by atoms with Gasteiger partial charge in [-0.25, -0.2) is 0 Å². The van der Waals surface area contributed by atoms with Gasteiger partial charge in [-0.2, -0.15) is 8.78 Å². The first-order chi connectivity index (χ1) is 11.5. The van der Waals surface area contributed by atoms with Crippen LogP contribution in [-0.4, -0.2) is 51.3 Å². The van der Waals surface area contributed by atoms with E-state index in [4.69, 9.17) is 9.47 Å². The van der Waals surface area contributed by atoms with Crippen LogP contribution >= 0.6 is 0 Å². The van der Waals surface area contributed by atoms with Crippen LogP contribution in [-0.2, 0) is 9.53 Å². The SMILES string of the molecule is CCOc1cc(/C=C/C(=O)N(C)CCCOC)ccc1OC(F)F. The number of carbonyl (C=O) groups excluding carboxylic acids is 1. The molecule has 24 heavy (non-hydrogen) atoms. The largest absolute Gasteiger partial charge is 0.490 e. The number of hydrogen-bond acceptors (Lipinski definition) is 4. The second-order valence-electron chi connectivity index (χ2n) is 4.96. The smallest absolute Gasteiger partial charge is 0.387 e. The number of hydrogen-bond donors (Lipinski definition) is 0. The van der Waals surface area contributed by atoms with Gasteiger partial charge >= 0.3 is 6.61 Å². The molecule has 5 nitrogen and oxygen atoms in total. The summed E-state index contributed by atoms with van der Waals surface area (Å²) in [6, 6.07) is 4.52. The van der Waals surface area contributed by atoms with Crippen LogP contribution in [0.15, 0.2) is 24.3 Å². The standard InChI is InChI=1S/C17H23F2NO4/c1-4-23-15-12-13(6-8-14(15)24-17(18)19)7-9-16(21)20(2)10-5-11-22-3/h6-9,12,17H,4-5,10-11H2,1-3H3/b9-7+. The molecular formula is C17H23F2NO4. The number of alkyl halides is 2. The fraction of sp³-hybridized carbons (Fsp3) is 0.471. The summed E-state index contributed by atoms with van der Waals surface area (Å²) in [5, 5.41) is 0. The van der Waals surface area contributed by atoms with E-state index in [1.807, 2.05) is 0 Å². The highest BCUT2D eigenvalue weighted by Crippen LogP contribution is 2.30. The van der Waals surface area contributed by atoms with E-state index in [9.17, 15) is 13.6 Å². The average molecular weight is 343 g/mol. The average Bonchev–Trinajstić information content (AvgIpc) is 2.54. The minimum Gasteiger partial charge on any atom is -0.490 e. The first-order valence-electron chi connectivity index (χ1n) is 7.61. The third kappa shape index (κ3) is 6.95. The van der Waals surface area contributed by atoms with Crippen LogP contribution in [0.4, 0.5) is 8.78 Å². The van der Waals surface area contributed by atoms with Crippen molar-refractivity contribution in [1.82, 2.24) is 4.90 Å². The molecule has 0 aliphatic heterocycles. The Morgan fingerprint density at radius 1 is 1.33 bits per heavy atom. The summed E-state index contributed by atoms with van der Waals surface area (Å²) in [6.45, 7) is 0.307. The van der Waals surface area contributed by atoms with Gasteiger partial charge in [0.15, 0.2) is 11.5 Å². The maximum atomic E-state index is 12.4. The molecule has 0 atom stereocenters. The number of nitrogens with zero attached hydrogens (tertiary/aromatic N) is 1. The number of halogens is 2. The quantitative estimate of drug-likeness (QED) is 0.483. The minimum absolute atomic E-state index is 0.0352. The van der Waals surface area contributed by atoms with Crippen molar-refractivity contribution in [3.63, 3.8) is 0 Å². The van der Waals surface area contributed by atoms with E-state index in [2.05, 4.69) is 4.74 Å². The van der Waals surface area contributed by atoms with Crippen LogP contribution in [0.25, 0.3) is 6.08 Å². The van der Waals surface area contributed by atoms with Crippen LogP contribution in [0, 0.1) is 0 Å². The maximum Gasteiger partial charge on any atom is 0.387 e. The van der Waals surface area contributed by atoms with Crippen molar-refractivity contribution in [2.24, 2.45) is 0 Å². The summed E-state index contributed by atoms with van der Waals surface area (Å²) >= 11 is 0. The monoisotopic (exact) mass is 343 g/mol. The number of likely N-dealkylation sites (N-methyl/N-ethyl adjacent to an activating group) is 1. The summed E-state index contributed by atoms with van der Waals surface area (Å²) in [5.74, 6) is 0.0184. The van der Waals surface area contributed by atoms with Crippen LogP contribution in [0.1, 0.15) is 18.9 Å². The van der Waals surface area contributed by atoms with E-state index in [0.717, 1.165) is 6.42 Å². The molecule has 0 spiro atoms. The van der Waals surface area contributed by atoms with Crippen LogP contribution in [0.2, 0.25) is 0 Å². The van der Waals surface area contributed by atoms with E-state index >= 15 is 0 Å². The molecule has 0 aliphatic rings. The fourth-order valence-corrected chi connectivity index (χ4v) is 1.94. The number of methoxy groups -OCH3 is 1. The van der Waals surface area contributed by atoms with Crippen molar-refractivity contribution < 1.29 is 27.8 Å². The van der Waals surface area contributed by atoms with E-state index in [-0.39, 0.29) is 17.4 Å². The number of amides is 1. The lowest BCUT2D eigenvalue weighted by Crippen LogP contribution is -2.26. The molecule has 0 bridgehead atoms. The zero-order chi connectivity index (χ0) is 17.9. The zero-order valence-electron chi connectivity index (χ0n) is 14.1. The van der Waals surface area contributed by atoms with Crippen molar-refractivity contribution in [2.75, 3.05) is 33.9 Å². The van der Waals surface area contributed by atoms with Crippen molar-refractivity contribution in [1.29, 1.82) is 0 Å². The molecule has 1 rings (SSSR count). The Kier molecular flexibility index (Phi) is 8.78. The van der Waals surface area contributed by atoms with Crippen molar-refractivity contribution in [2.45, 2.75) is 20.0 Å². The van der Waals surface area contributed by atoms with Gasteiger partial charge in [0.25, 0.3) is 0 Å². The minimum atomic E-state index is -2.92. The predicted molar refractivity (Wildman–Crippen MR) is 87.4 cm³/mol. The Morgan fingerprint density at radius 3 is 2.71 bits per heavy atom. The Hall–Kier alpha value is -2.15. The van der Waals surface area contributed by atoms with Gasteiger partial charge in [0.05, 0.1) is 6.61 Å². The van der Waals surface area contributed by atoms with Gasteiger partial charge in [-0.15, -0.1) is 0 Å². The van der Waals surface area contributed by atoms with Crippen molar-refractivity contribution in [3.05, 3.63) is 29.8 Å². The number of rotatable bonds is 10. The normalized spacial score (nSPS) is 11.1. The third-order valence-corrected chi connectivity index (χ3v) is 3.12. The highest BCUT2D eigenvalue weighted by Gasteiger charge is 2.11. The molecule has 1 aromatic rings. The fourth-order valence-electron chi connectivity index (χ4n) is 1.94. The Balaban J connectivity index is 2.75. The van der Waals surface area contributed by atoms with Gasteiger partial charge in [-0.05, 0) is 37.1 Å². The lowest BCUT2D eigenvalue weighted by Gasteiger charge is -2.14. The molecule has 1 aromatic carbocycles. The number of ether oxygens (including phenoxy) is 3. The lowest BCUT2D eigenvalue weighted by atomic mass is 10.2. The first kappa shape index (κ1) is 19.9. The Morgan fingerprint density at radius 2 is 2.08 bits per heavy atom. The maximum absolute atomic E-state index is 12.4. The molecule has 0 unspecified atom stereocenters. The summed E-state index contributed by atoms with van der Waals surface area (Å²) in [6.07, 6.45) is 3.77. The van der Waals surface area contributed by atoms with Crippen molar-refractivity contribution >= 4 is 12.0 Å². The van der Waals surface area contributed by atoms with Gasteiger partial charge in [-0.3, -0.25) is 4.79 Å². The highest BCUT2D eigenvalue weighted by molar-refractivity contribution is 5.91.